The van der Waals surface area contributed by atoms with Crippen LogP contribution in [-0.2, 0) is 0 Å². The maximum atomic E-state index is 13.1. The van der Waals surface area contributed by atoms with Crippen LogP contribution in [0.25, 0.3) is 33.2 Å². The summed E-state index contributed by atoms with van der Waals surface area (Å²) in [6.45, 7) is 0. The molecule has 2 heterocycles. The Kier molecular flexibility index (Phi) is 5.38. The molecule has 0 bridgehead atoms. The molecule has 0 saturated carbocycles. The fraction of sp³-hybridized carbons (Fsp3) is 0. The molecular weight excluding hydrogens is 508 g/mol. The van der Waals surface area contributed by atoms with Gasteiger partial charge in [-0.2, -0.15) is 0 Å². The monoisotopic (exact) mass is 520 g/mol. The second-order valence-corrected chi connectivity index (χ2v) is 8.41. The fourth-order valence-electron chi connectivity index (χ4n) is 3.86. The minimum Gasteiger partial charge on any atom is -0.331 e. The van der Waals surface area contributed by atoms with E-state index in [-0.39, 0.29) is 42.7 Å². The first-order valence-corrected chi connectivity index (χ1v) is 10.9. The number of hydrogen-bond donors (Lipinski definition) is 2. The van der Waals surface area contributed by atoms with Crippen molar-refractivity contribution < 1.29 is 9.85 Å². The molecule has 0 aliphatic heterocycles. The summed E-state index contributed by atoms with van der Waals surface area (Å²) >= 11 is 10.6. The molecule has 178 valence electrons. The molecule has 0 radical (unpaired) electrons. The lowest BCUT2D eigenvalue weighted by Gasteiger charge is -2.11. The zero-order chi connectivity index (χ0) is 25.7. The molecule has 5 rings (SSSR count). The van der Waals surface area contributed by atoms with Crippen molar-refractivity contribution in [2.75, 3.05) is 0 Å². The Morgan fingerprint density at radius 1 is 0.639 bits per heavy atom. The second kappa shape index (κ2) is 8.44. The third kappa shape index (κ3) is 3.70. The Bertz CT molecular complexity index is 1840. The first kappa shape index (κ1) is 22.9. The van der Waals surface area contributed by atoms with Gasteiger partial charge in [0.2, 0.25) is 0 Å². The predicted molar refractivity (Wildman–Crippen MR) is 136 cm³/mol. The van der Waals surface area contributed by atoms with E-state index in [4.69, 9.17) is 24.4 Å². The molecule has 0 atom stereocenters. The van der Waals surface area contributed by atoms with Gasteiger partial charge in [0.05, 0.1) is 43.0 Å². The van der Waals surface area contributed by atoms with Gasteiger partial charge in [-0.15, -0.1) is 0 Å². The zero-order valence-electron chi connectivity index (χ0n) is 17.8. The number of nitro benzene ring substituents is 2. The Balaban J connectivity index is 1.62. The lowest BCUT2D eigenvalue weighted by atomic mass is 10.2. The van der Waals surface area contributed by atoms with Crippen LogP contribution < -0.4 is 11.1 Å². The van der Waals surface area contributed by atoms with Gasteiger partial charge in [0.25, 0.3) is 22.5 Å². The van der Waals surface area contributed by atoms with Crippen LogP contribution in [0.1, 0.15) is 0 Å². The lowest BCUT2D eigenvalue weighted by molar-refractivity contribution is -0.384. The summed E-state index contributed by atoms with van der Waals surface area (Å²) in [6, 6.07) is 13.9. The normalized spacial score (nSPS) is 11.1. The number of fused-ring (bicyclic) bond motifs is 2. The van der Waals surface area contributed by atoms with Gasteiger partial charge in [-0.1, -0.05) is 0 Å². The number of H-pyrrole nitrogens is 2. The van der Waals surface area contributed by atoms with Gasteiger partial charge in [-0.05, 0) is 60.8 Å². The molecule has 2 aromatic heterocycles. The van der Waals surface area contributed by atoms with Crippen molar-refractivity contribution in [3.8, 4) is 11.4 Å². The molecule has 0 saturated heterocycles. The van der Waals surface area contributed by atoms with Crippen LogP contribution in [0.5, 0.6) is 0 Å². The van der Waals surface area contributed by atoms with Crippen molar-refractivity contribution in [2.24, 2.45) is 0 Å². The molecule has 2 N–H and O–H groups in total. The number of hydrogen-bond acceptors (Lipinski definition) is 8. The van der Waals surface area contributed by atoms with E-state index in [1.165, 1.54) is 45.5 Å². The highest BCUT2D eigenvalue weighted by Gasteiger charge is 2.14. The topological polar surface area (TPSA) is 162 Å². The summed E-state index contributed by atoms with van der Waals surface area (Å²) in [6.07, 6.45) is 0. The van der Waals surface area contributed by atoms with Gasteiger partial charge < -0.3 is 9.97 Å². The van der Waals surface area contributed by atoms with E-state index in [2.05, 4.69) is 9.97 Å². The maximum absolute atomic E-state index is 13.1. The van der Waals surface area contributed by atoms with Crippen LogP contribution in [0.15, 0.2) is 70.3 Å². The highest BCUT2D eigenvalue weighted by atomic mass is 32.1. The average Bonchev–Trinajstić information content (AvgIpc) is 2.84. The van der Waals surface area contributed by atoms with Crippen LogP contribution in [0.4, 0.5) is 11.4 Å². The third-order valence-electron chi connectivity index (χ3n) is 5.55. The van der Waals surface area contributed by atoms with Crippen LogP contribution in [-0.4, -0.2) is 28.9 Å². The van der Waals surface area contributed by atoms with Gasteiger partial charge >= 0.3 is 0 Å². The van der Waals surface area contributed by atoms with Gasteiger partial charge in [-0.25, -0.2) is 0 Å². The van der Waals surface area contributed by atoms with Crippen LogP contribution in [0, 0.1) is 29.8 Å². The van der Waals surface area contributed by atoms with Crippen molar-refractivity contribution in [3.05, 3.63) is 111 Å². The summed E-state index contributed by atoms with van der Waals surface area (Å²) in [5.74, 6) is 0. The molecule has 12 nitrogen and oxygen atoms in total. The number of nitrogens with one attached hydrogen (secondary N) is 2. The van der Waals surface area contributed by atoms with Crippen molar-refractivity contribution in [3.63, 3.8) is 0 Å². The van der Waals surface area contributed by atoms with E-state index >= 15 is 0 Å². The maximum Gasteiger partial charge on any atom is 0.271 e. The van der Waals surface area contributed by atoms with Gasteiger partial charge in [0.1, 0.15) is 0 Å². The first-order chi connectivity index (χ1) is 17.2. The van der Waals surface area contributed by atoms with E-state index in [0.29, 0.717) is 11.4 Å². The van der Waals surface area contributed by atoms with E-state index in [0.717, 1.165) is 0 Å². The minimum atomic E-state index is -0.568. The van der Waals surface area contributed by atoms with Gasteiger partial charge in [-0.3, -0.25) is 39.0 Å². The first-order valence-electron chi connectivity index (χ1n) is 10.1. The molecular formula is C22H12N6O6S2. The highest BCUT2D eigenvalue weighted by molar-refractivity contribution is 7.71. The second-order valence-electron chi connectivity index (χ2n) is 7.63. The quantitative estimate of drug-likeness (QED) is 0.202. The highest BCUT2D eigenvalue weighted by Crippen LogP contribution is 2.20. The molecule has 0 spiro atoms. The average molecular weight is 521 g/mol. The van der Waals surface area contributed by atoms with E-state index in [1.807, 2.05) is 0 Å². The fourth-order valence-corrected chi connectivity index (χ4v) is 4.46. The molecule has 14 heteroatoms. The Labute approximate surface area is 209 Å². The lowest BCUT2D eigenvalue weighted by Crippen LogP contribution is -2.22. The van der Waals surface area contributed by atoms with Crippen molar-refractivity contribution in [2.45, 2.75) is 0 Å². The number of aromatic amines is 2. The number of rotatable bonds is 4. The Morgan fingerprint density at radius 3 is 1.33 bits per heavy atom. The predicted octanol–water partition coefficient (Wildman–Crippen LogP) is 4.23. The molecule has 0 amide bonds. The van der Waals surface area contributed by atoms with E-state index in [1.54, 1.807) is 24.3 Å². The SMILES string of the molecule is O=c1c2ccc([N+](=O)[O-])cc2[nH]c(=S)n1-c1ccc(-n2c(=S)[nH]c3cc([N+](=O)[O-])ccc3c2=O)cc1. The molecule has 0 aliphatic carbocycles. The number of aromatic nitrogens is 4. The molecule has 36 heavy (non-hydrogen) atoms. The van der Waals surface area contributed by atoms with Crippen LogP contribution in [0.2, 0.25) is 0 Å². The number of nitrogens with zero attached hydrogens (tertiary/aromatic N) is 4. The summed E-state index contributed by atoms with van der Waals surface area (Å²) in [4.78, 5) is 52.8. The largest absolute Gasteiger partial charge is 0.331 e. The zero-order valence-corrected chi connectivity index (χ0v) is 19.5. The van der Waals surface area contributed by atoms with Gasteiger partial charge in [0, 0.05) is 24.3 Å². The van der Waals surface area contributed by atoms with E-state index < -0.39 is 21.0 Å². The number of benzene rings is 3. The molecule has 5 aromatic rings. The summed E-state index contributed by atoms with van der Waals surface area (Å²) < 4.78 is 2.53. The molecule has 3 aromatic carbocycles. The molecule has 0 aliphatic rings. The van der Waals surface area contributed by atoms with Crippen LogP contribution in [0.3, 0.4) is 0 Å². The van der Waals surface area contributed by atoms with Crippen molar-refractivity contribution in [1.29, 1.82) is 0 Å². The number of non-ortho nitro benzene ring substituents is 2. The summed E-state index contributed by atoms with van der Waals surface area (Å²) in [7, 11) is 0. The minimum absolute atomic E-state index is 0.0301. The standard InChI is InChI=1S/C22H12N6O6S2/c29-19-15-7-5-13(27(31)32)9-17(15)23-21(35)25(19)11-1-2-12(4-3-11)26-20(30)16-8-6-14(28(33)34)10-18(16)24-22(26)36/h1-10H,(H,23,35)(H,24,36). The van der Waals surface area contributed by atoms with Crippen LogP contribution >= 0.6 is 24.4 Å². The molecule has 0 unspecified atom stereocenters. The van der Waals surface area contributed by atoms with E-state index in [9.17, 15) is 29.8 Å². The Hall–Kier alpha value is -4.82. The number of nitro groups is 2. The third-order valence-corrected chi connectivity index (χ3v) is 6.12. The Morgan fingerprint density at radius 2 is 1.00 bits per heavy atom. The van der Waals surface area contributed by atoms with Gasteiger partial charge in [0.15, 0.2) is 9.54 Å². The summed E-state index contributed by atoms with van der Waals surface area (Å²) in [5.41, 5.74) is -0.0450. The van der Waals surface area contributed by atoms with Crippen molar-refractivity contribution in [1.82, 2.24) is 19.1 Å². The summed E-state index contributed by atoms with van der Waals surface area (Å²) in [5, 5.41) is 22.5. The smallest absolute Gasteiger partial charge is 0.271 e. The van der Waals surface area contributed by atoms with Crippen molar-refractivity contribution >= 4 is 57.6 Å². The molecule has 0 fully saturated rings.